The number of hydrogen-bond donors (Lipinski definition) is 2. The maximum absolute atomic E-state index is 12.5. The molecule has 0 fully saturated rings. The molecule has 128 valence electrons. The monoisotopic (exact) mass is 320 g/mol. The van der Waals surface area contributed by atoms with Crippen LogP contribution < -0.4 is 10.6 Å². The minimum absolute atomic E-state index is 0.0124. The molecule has 2 atom stereocenters. The normalized spacial score (nSPS) is 13.5. The molecule has 5 heteroatoms. The van der Waals surface area contributed by atoms with Gasteiger partial charge in [-0.2, -0.15) is 0 Å². The number of benzene rings is 1. The molecule has 23 heavy (non-hydrogen) atoms. The fourth-order valence-electron chi connectivity index (χ4n) is 2.49. The van der Waals surface area contributed by atoms with Crippen LogP contribution in [0.5, 0.6) is 0 Å². The maximum atomic E-state index is 12.5. The van der Waals surface area contributed by atoms with Crippen molar-refractivity contribution >= 4 is 11.8 Å². The predicted octanol–water partition coefficient (Wildman–Crippen LogP) is 2.27. The van der Waals surface area contributed by atoms with Crippen molar-refractivity contribution < 1.29 is 14.3 Å². The van der Waals surface area contributed by atoms with E-state index in [1.807, 2.05) is 40.7 Å². The summed E-state index contributed by atoms with van der Waals surface area (Å²) in [7, 11) is 1.45. The summed E-state index contributed by atoms with van der Waals surface area (Å²) in [5, 5.41) is 5.72. The van der Waals surface area contributed by atoms with E-state index in [1.165, 1.54) is 7.11 Å². The lowest BCUT2D eigenvalue weighted by Gasteiger charge is -2.25. The number of hydrogen-bond acceptors (Lipinski definition) is 3. The number of carbonyl (C=O) groups excluding carboxylic acids is 2. The summed E-state index contributed by atoms with van der Waals surface area (Å²) in [6.07, 6.45) is 0. The van der Waals surface area contributed by atoms with Gasteiger partial charge < -0.3 is 15.4 Å². The molecule has 1 rings (SSSR count). The molecule has 0 spiro atoms. The Morgan fingerprint density at radius 1 is 1.13 bits per heavy atom. The van der Waals surface area contributed by atoms with Crippen molar-refractivity contribution in [3.8, 4) is 0 Å². The largest absolute Gasteiger partial charge is 0.375 e. The van der Waals surface area contributed by atoms with Gasteiger partial charge in [-0.1, -0.05) is 37.6 Å². The first-order valence-electron chi connectivity index (χ1n) is 7.92. The molecule has 1 aromatic rings. The van der Waals surface area contributed by atoms with E-state index in [-0.39, 0.29) is 30.4 Å². The number of amides is 2. The van der Waals surface area contributed by atoms with Crippen LogP contribution in [-0.4, -0.2) is 31.6 Å². The molecule has 5 nitrogen and oxygen atoms in total. The number of ether oxygens (including phenoxy) is 1. The molecular formula is C18H28N2O3. The number of aryl methyl sites for hydroxylation is 2. The van der Waals surface area contributed by atoms with E-state index in [0.29, 0.717) is 0 Å². The highest BCUT2D eigenvalue weighted by Gasteiger charge is 2.25. The summed E-state index contributed by atoms with van der Waals surface area (Å²) in [6, 6.07) is 5.48. The van der Waals surface area contributed by atoms with E-state index in [4.69, 9.17) is 4.74 Å². The smallest absolute Gasteiger partial charge is 0.246 e. The van der Waals surface area contributed by atoms with Gasteiger partial charge in [-0.25, -0.2) is 0 Å². The third kappa shape index (κ3) is 5.67. The molecule has 0 aliphatic carbocycles. The molecular weight excluding hydrogens is 292 g/mol. The van der Waals surface area contributed by atoms with Crippen LogP contribution in [0, 0.1) is 19.8 Å². The van der Waals surface area contributed by atoms with Crippen molar-refractivity contribution in [1.29, 1.82) is 0 Å². The van der Waals surface area contributed by atoms with Crippen LogP contribution in [0.3, 0.4) is 0 Å². The number of rotatable bonds is 7. The number of carbonyl (C=O) groups is 2. The van der Waals surface area contributed by atoms with Gasteiger partial charge in [-0.05, 0) is 37.8 Å². The van der Waals surface area contributed by atoms with Crippen molar-refractivity contribution in [2.24, 2.45) is 5.92 Å². The molecule has 1 unspecified atom stereocenters. The molecule has 0 heterocycles. The fourth-order valence-corrected chi connectivity index (χ4v) is 2.49. The van der Waals surface area contributed by atoms with Crippen molar-refractivity contribution in [2.75, 3.05) is 13.7 Å². The number of methoxy groups -OCH3 is 1. The quantitative estimate of drug-likeness (QED) is 0.810. The molecule has 2 N–H and O–H groups in total. The van der Waals surface area contributed by atoms with Gasteiger partial charge in [-0.3, -0.25) is 9.59 Å². The van der Waals surface area contributed by atoms with Gasteiger partial charge in [0.25, 0.3) is 0 Å². The van der Waals surface area contributed by atoms with Crippen molar-refractivity contribution in [2.45, 2.75) is 46.7 Å². The van der Waals surface area contributed by atoms with Gasteiger partial charge in [-0.15, -0.1) is 0 Å². The van der Waals surface area contributed by atoms with Gasteiger partial charge in [0.2, 0.25) is 11.8 Å². The summed E-state index contributed by atoms with van der Waals surface area (Å²) < 4.78 is 4.80. The second-order valence-corrected chi connectivity index (χ2v) is 6.31. The molecule has 2 amide bonds. The fraction of sp³-hybridized carbons (Fsp3) is 0.556. The first-order chi connectivity index (χ1) is 10.8. The van der Waals surface area contributed by atoms with E-state index in [1.54, 1.807) is 0 Å². The Kier molecular flexibility index (Phi) is 7.23. The van der Waals surface area contributed by atoms with E-state index in [2.05, 4.69) is 22.8 Å². The third-order valence-corrected chi connectivity index (χ3v) is 3.80. The lowest BCUT2D eigenvalue weighted by atomic mass is 9.98. The zero-order valence-electron chi connectivity index (χ0n) is 14.9. The zero-order valence-corrected chi connectivity index (χ0v) is 14.9. The average Bonchev–Trinajstić information content (AvgIpc) is 2.47. The lowest BCUT2D eigenvalue weighted by molar-refractivity contribution is -0.132. The molecule has 1 aromatic carbocycles. The average molecular weight is 320 g/mol. The first-order valence-corrected chi connectivity index (χ1v) is 7.92. The molecule has 0 saturated carbocycles. The van der Waals surface area contributed by atoms with Crippen molar-refractivity contribution in [3.63, 3.8) is 0 Å². The van der Waals surface area contributed by atoms with Gasteiger partial charge >= 0.3 is 0 Å². The summed E-state index contributed by atoms with van der Waals surface area (Å²) in [6.45, 7) is 9.76. The SMILES string of the molecule is COCC(=O)N[C@H](C(=O)NC(C)c1cc(C)ccc1C)C(C)C. The van der Waals surface area contributed by atoms with Crippen molar-refractivity contribution in [1.82, 2.24) is 10.6 Å². The second-order valence-electron chi connectivity index (χ2n) is 6.31. The van der Waals surface area contributed by atoms with Crippen LogP contribution in [0.15, 0.2) is 18.2 Å². The first kappa shape index (κ1) is 19.2. The van der Waals surface area contributed by atoms with Crippen molar-refractivity contribution in [3.05, 3.63) is 34.9 Å². The number of nitrogens with one attached hydrogen (secondary N) is 2. The Balaban J connectivity index is 2.81. The Bertz CT molecular complexity index is 555. The molecule has 0 aliphatic heterocycles. The minimum atomic E-state index is -0.579. The highest BCUT2D eigenvalue weighted by atomic mass is 16.5. The predicted molar refractivity (Wildman–Crippen MR) is 91.1 cm³/mol. The third-order valence-electron chi connectivity index (χ3n) is 3.80. The molecule has 0 aromatic heterocycles. The topological polar surface area (TPSA) is 67.4 Å². The highest BCUT2D eigenvalue weighted by molar-refractivity contribution is 5.88. The standard InChI is InChI=1S/C18H28N2O3/c1-11(2)17(20-16(21)10-23-6)18(22)19-14(5)15-9-12(3)7-8-13(15)4/h7-9,11,14,17H,10H2,1-6H3,(H,19,22)(H,20,21)/t14?,17-/m0/s1. The van der Waals surface area contributed by atoms with Gasteiger partial charge in [0.05, 0.1) is 6.04 Å². The Morgan fingerprint density at radius 2 is 1.78 bits per heavy atom. The van der Waals surface area contributed by atoms with Crippen LogP contribution in [0.4, 0.5) is 0 Å². The molecule has 0 radical (unpaired) electrons. The van der Waals surface area contributed by atoms with Gasteiger partial charge in [0.1, 0.15) is 12.6 Å². The van der Waals surface area contributed by atoms with Crippen LogP contribution in [0.25, 0.3) is 0 Å². The molecule has 0 aliphatic rings. The Labute approximate surface area is 138 Å². The van der Waals surface area contributed by atoms with Crippen LogP contribution in [0.1, 0.15) is 43.5 Å². The zero-order chi connectivity index (χ0) is 17.6. The van der Waals surface area contributed by atoms with Gasteiger partial charge in [0.15, 0.2) is 0 Å². The Hall–Kier alpha value is -1.88. The van der Waals surface area contributed by atoms with E-state index < -0.39 is 6.04 Å². The highest BCUT2D eigenvalue weighted by Crippen LogP contribution is 2.19. The van der Waals surface area contributed by atoms with Crippen LogP contribution in [0.2, 0.25) is 0 Å². The summed E-state index contributed by atoms with van der Waals surface area (Å²) >= 11 is 0. The molecule has 0 bridgehead atoms. The molecule has 0 saturated heterocycles. The summed E-state index contributed by atoms with van der Waals surface area (Å²) in [5.74, 6) is -0.486. The maximum Gasteiger partial charge on any atom is 0.246 e. The lowest BCUT2D eigenvalue weighted by Crippen LogP contribution is -2.51. The summed E-state index contributed by atoms with van der Waals surface area (Å²) in [4.78, 5) is 24.2. The minimum Gasteiger partial charge on any atom is -0.375 e. The van der Waals surface area contributed by atoms with Crippen LogP contribution >= 0.6 is 0 Å². The van der Waals surface area contributed by atoms with Gasteiger partial charge in [0, 0.05) is 7.11 Å². The van der Waals surface area contributed by atoms with E-state index in [9.17, 15) is 9.59 Å². The second kappa shape index (κ2) is 8.67. The van der Waals surface area contributed by atoms with E-state index >= 15 is 0 Å². The summed E-state index contributed by atoms with van der Waals surface area (Å²) in [5.41, 5.74) is 3.37. The Morgan fingerprint density at radius 3 is 2.35 bits per heavy atom. The van der Waals surface area contributed by atoms with Crippen LogP contribution in [-0.2, 0) is 14.3 Å². The van der Waals surface area contributed by atoms with E-state index in [0.717, 1.165) is 16.7 Å².